The monoisotopic (exact) mass is 476 g/mol. The first-order valence-corrected chi connectivity index (χ1v) is 13.4. The highest BCUT2D eigenvalue weighted by Crippen LogP contribution is 2.48. The predicted octanol–water partition coefficient (Wildman–Crippen LogP) is 8.60. The van der Waals surface area contributed by atoms with Gasteiger partial charge in [-0.15, -0.1) is 6.58 Å². The van der Waals surface area contributed by atoms with Crippen molar-refractivity contribution in [2.24, 2.45) is 23.7 Å². The Kier molecular flexibility index (Phi) is 14.2. The Balaban J connectivity index is 2.33. The number of methoxy groups -OCH3 is 2. The largest absolute Gasteiger partial charge is 0.504 e. The van der Waals surface area contributed by atoms with Gasteiger partial charge in [-0.1, -0.05) is 85.1 Å². The van der Waals surface area contributed by atoms with Crippen molar-refractivity contribution in [3.63, 3.8) is 0 Å². The topological polar surface area (TPSA) is 58.9 Å². The molecule has 0 heterocycles. The number of hydrogen-bond donors (Lipinski definition) is 2. The van der Waals surface area contributed by atoms with E-state index in [9.17, 15) is 10.2 Å². The van der Waals surface area contributed by atoms with Gasteiger partial charge in [0, 0.05) is 11.1 Å². The average Bonchev–Trinajstić information content (AvgIpc) is 2.80. The fraction of sp³-hybridized carbons (Fsp3) is 0.733. The van der Waals surface area contributed by atoms with Crippen LogP contribution in [0.25, 0.3) is 0 Å². The van der Waals surface area contributed by atoms with Crippen LogP contribution < -0.4 is 9.47 Å². The number of phenolic OH excluding ortho intramolecular Hbond substituents is 2. The Morgan fingerprint density at radius 1 is 0.706 bits per heavy atom. The first-order chi connectivity index (χ1) is 16.2. The molecule has 0 aliphatic heterocycles. The molecule has 0 bridgehead atoms. The molecule has 1 rings (SSSR count). The fourth-order valence-corrected chi connectivity index (χ4v) is 4.89. The highest BCUT2D eigenvalue weighted by atomic mass is 16.5. The number of benzene rings is 1. The maximum atomic E-state index is 10.7. The Morgan fingerprint density at radius 3 is 1.56 bits per heavy atom. The lowest BCUT2D eigenvalue weighted by atomic mass is 9.89. The van der Waals surface area contributed by atoms with Crippen molar-refractivity contribution < 1.29 is 19.7 Å². The van der Waals surface area contributed by atoms with E-state index in [-0.39, 0.29) is 23.0 Å². The van der Waals surface area contributed by atoms with E-state index >= 15 is 0 Å². The number of hydrogen-bond acceptors (Lipinski definition) is 4. The number of rotatable bonds is 18. The van der Waals surface area contributed by atoms with Crippen molar-refractivity contribution >= 4 is 0 Å². The standard InChI is InChI=1S/C30H52O4/c1-9-21(2)13-10-14-22(3)15-11-16-23(4)17-12-18-24(5)19-20-26-25(6)27(31)29(33-7)30(34-8)28(26)32/h9,21-24,31-32H,1,10-20H2,2-8H3. The van der Waals surface area contributed by atoms with Crippen LogP contribution in [0.3, 0.4) is 0 Å². The third-order valence-corrected chi connectivity index (χ3v) is 7.57. The Morgan fingerprint density at radius 2 is 1.12 bits per heavy atom. The molecule has 0 aliphatic carbocycles. The van der Waals surface area contributed by atoms with Crippen LogP contribution in [0.15, 0.2) is 12.7 Å². The van der Waals surface area contributed by atoms with E-state index in [0.29, 0.717) is 23.8 Å². The average molecular weight is 477 g/mol. The van der Waals surface area contributed by atoms with Gasteiger partial charge in [-0.25, -0.2) is 0 Å². The molecule has 0 amide bonds. The molecule has 0 fully saturated rings. The molecule has 34 heavy (non-hydrogen) atoms. The lowest BCUT2D eigenvalue weighted by Gasteiger charge is -2.19. The summed E-state index contributed by atoms with van der Waals surface area (Å²) in [4.78, 5) is 0. The molecule has 1 aromatic rings. The summed E-state index contributed by atoms with van der Waals surface area (Å²) in [5, 5.41) is 21.1. The molecular weight excluding hydrogens is 424 g/mol. The minimum absolute atomic E-state index is 0.0502. The predicted molar refractivity (Wildman–Crippen MR) is 144 cm³/mol. The van der Waals surface area contributed by atoms with Crippen LogP contribution in [0.2, 0.25) is 0 Å². The molecule has 0 spiro atoms. The lowest BCUT2D eigenvalue weighted by Crippen LogP contribution is -2.04. The van der Waals surface area contributed by atoms with E-state index in [2.05, 4.69) is 40.3 Å². The SMILES string of the molecule is C=CC(C)CCCC(C)CCCC(C)CCCC(C)CCc1c(C)c(O)c(OC)c(OC)c1O. The summed E-state index contributed by atoms with van der Waals surface area (Å²) in [5.41, 5.74) is 1.42. The number of ether oxygens (including phenoxy) is 2. The van der Waals surface area contributed by atoms with Gasteiger partial charge >= 0.3 is 0 Å². The molecule has 0 saturated heterocycles. The molecule has 0 aromatic heterocycles. The third-order valence-electron chi connectivity index (χ3n) is 7.57. The summed E-state index contributed by atoms with van der Waals surface area (Å²) < 4.78 is 10.5. The summed E-state index contributed by atoms with van der Waals surface area (Å²) in [6.45, 7) is 15.0. The fourth-order valence-electron chi connectivity index (χ4n) is 4.89. The molecular formula is C30H52O4. The van der Waals surface area contributed by atoms with Crippen LogP contribution >= 0.6 is 0 Å². The zero-order chi connectivity index (χ0) is 25.7. The lowest BCUT2D eigenvalue weighted by molar-refractivity contribution is 0.313. The van der Waals surface area contributed by atoms with Gasteiger partial charge in [-0.05, 0) is 49.9 Å². The van der Waals surface area contributed by atoms with Gasteiger partial charge < -0.3 is 19.7 Å². The van der Waals surface area contributed by atoms with Gasteiger partial charge in [0.2, 0.25) is 11.5 Å². The second-order valence-corrected chi connectivity index (χ2v) is 10.7. The maximum absolute atomic E-state index is 10.7. The Labute approximate surface area is 209 Å². The van der Waals surface area contributed by atoms with Crippen molar-refractivity contribution in [3.8, 4) is 23.0 Å². The molecule has 4 heteroatoms. The third kappa shape index (κ3) is 9.80. The van der Waals surface area contributed by atoms with E-state index in [1.54, 1.807) is 0 Å². The van der Waals surface area contributed by atoms with E-state index in [0.717, 1.165) is 23.8 Å². The summed E-state index contributed by atoms with van der Waals surface area (Å²) in [6.07, 6.45) is 15.5. The van der Waals surface area contributed by atoms with Gasteiger partial charge in [-0.2, -0.15) is 0 Å². The smallest absolute Gasteiger partial charge is 0.207 e. The minimum atomic E-state index is 0.0502. The zero-order valence-corrected chi connectivity index (χ0v) is 23.1. The normalized spacial score (nSPS) is 14.9. The van der Waals surface area contributed by atoms with Crippen molar-refractivity contribution in [2.75, 3.05) is 14.2 Å². The Hall–Kier alpha value is -1.84. The summed E-state index contributed by atoms with van der Waals surface area (Å²) in [7, 11) is 2.94. The van der Waals surface area contributed by atoms with E-state index in [1.807, 2.05) is 6.92 Å². The van der Waals surface area contributed by atoms with E-state index in [1.165, 1.54) is 72.0 Å². The summed E-state index contributed by atoms with van der Waals surface area (Å²) in [6, 6.07) is 0. The number of aromatic hydroxyl groups is 2. The molecule has 0 radical (unpaired) electrons. The van der Waals surface area contributed by atoms with Gasteiger partial charge in [-0.3, -0.25) is 0 Å². The highest BCUT2D eigenvalue weighted by Gasteiger charge is 2.23. The molecule has 1 aromatic carbocycles. The number of phenols is 2. The molecule has 2 N–H and O–H groups in total. The van der Waals surface area contributed by atoms with Crippen LogP contribution in [0.1, 0.15) is 103 Å². The van der Waals surface area contributed by atoms with Crippen molar-refractivity contribution in [1.82, 2.24) is 0 Å². The van der Waals surface area contributed by atoms with Gasteiger partial charge in [0.15, 0.2) is 11.5 Å². The summed E-state index contributed by atoms with van der Waals surface area (Å²) in [5.74, 6) is 3.38. The van der Waals surface area contributed by atoms with Crippen LogP contribution in [0, 0.1) is 30.6 Å². The van der Waals surface area contributed by atoms with E-state index in [4.69, 9.17) is 9.47 Å². The van der Waals surface area contributed by atoms with Crippen LogP contribution in [0.4, 0.5) is 0 Å². The van der Waals surface area contributed by atoms with Crippen LogP contribution in [-0.4, -0.2) is 24.4 Å². The molecule has 4 unspecified atom stereocenters. The number of allylic oxidation sites excluding steroid dienone is 1. The second-order valence-electron chi connectivity index (χ2n) is 10.7. The second kappa shape index (κ2) is 15.9. The molecule has 0 aliphatic rings. The van der Waals surface area contributed by atoms with Crippen molar-refractivity contribution in [2.45, 2.75) is 105 Å². The van der Waals surface area contributed by atoms with Crippen LogP contribution in [-0.2, 0) is 6.42 Å². The van der Waals surface area contributed by atoms with Gasteiger partial charge in [0.25, 0.3) is 0 Å². The zero-order valence-electron chi connectivity index (χ0n) is 23.1. The quantitative estimate of drug-likeness (QED) is 0.164. The van der Waals surface area contributed by atoms with Gasteiger partial charge in [0.05, 0.1) is 14.2 Å². The first-order valence-electron chi connectivity index (χ1n) is 13.4. The molecule has 4 atom stereocenters. The van der Waals surface area contributed by atoms with Crippen molar-refractivity contribution in [3.05, 3.63) is 23.8 Å². The highest BCUT2D eigenvalue weighted by molar-refractivity contribution is 5.65. The minimum Gasteiger partial charge on any atom is -0.504 e. The maximum Gasteiger partial charge on any atom is 0.207 e. The van der Waals surface area contributed by atoms with Crippen LogP contribution in [0.5, 0.6) is 23.0 Å². The molecule has 0 saturated carbocycles. The first kappa shape index (κ1) is 30.2. The Bertz CT molecular complexity index is 727. The van der Waals surface area contributed by atoms with Gasteiger partial charge in [0.1, 0.15) is 0 Å². The summed E-state index contributed by atoms with van der Waals surface area (Å²) >= 11 is 0. The van der Waals surface area contributed by atoms with Crippen molar-refractivity contribution in [1.29, 1.82) is 0 Å². The van der Waals surface area contributed by atoms with E-state index < -0.39 is 0 Å². The molecule has 4 nitrogen and oxygen atoms in total. The molecule has 196 valence electrons.